The molecule has 0 saturated heterocycles. The molecule has 0 aromatic carbocycles. The molecule has 0 spiro atoms. The quantitative estimate of drug-likeness (QED) is 0.165. The van der Waals surface area contributed by atoms with Crippen LogP contribution in [0.4, 0.5) is 0 Å². The van der Waals surface area contributed by atoms with Crippen LogP contribution < -0.4 is 23.0 Å². The average Bonchev–Trinajstić information content (AvgIpc) is 1.65. The van der Waals surface area contributed by atoms with E-state index in [0.717, 1.165) is 5.12 Å². The van der Waals surface area contributed by atoms with Crippen LogP contribution in [0.1, 0.15) is 0 Å². The first kappa shape index (κ1) is 6.57. The minimum Gasteiger partial charge on any atom is -0.299 e. The minimum absolute atomic E-state index is 0.0972. The lowest BCUT2D eigenvalue weighted by Crippen LogP contribution is -2.51. The van der Waals surface area contributed by atoms with Gasteiger partial charge in [-0.1, -0.05) is 0 Å². The Morgan fingerprint density at radius 3 is 2.00 bits per heavy atom. The Balaban J connectivity index is 3.35. The van der Waals surface area contributed by atoms with Gasteiger partial charge in [-0.15, -0.1) is 0 Å². The first-order valence-electron chi connectivity index (χ1n) is 1.48. The van der Waals surface area contributed by atoms with E-state index < -0.39 is 0 Å². The van der Waals surface area contributed by atoms with Gasteiger partial charge in [-0.25, -0.2) is 22.6 Å². The lowest BCUT2D eigenvalue weighted by atomic mass is 11.1. The van der Waals surface area contributed by atoms with Crippen molar-refractivity contribution in [1.29, 1.82) is 0 Å². The third kappa shape index (κ3) is 2.29. The summed E-state index contributed by atoms with van der Waals surface area (Å²) in [6.45, 7) is 0. The number of hydrogen-bond donors (Lipinski definition) is 4. The van der Waals surface area contributed by atoms with Gasteiger partial charge in [-0.3, -0.25) is 5.43 Å². The molecular formula is CH7N5S. The summed E-state index contributed by atoms with van der Waals surface area (Å²) in [5.41, 5.74) is 2.07. The molecule has 0 radical (unpaired) electrons. The Morgan fingerprint density at radius 2 is 2.00 bits per heavy atom. The maximum absolute atomic E-state index is 4.87. The lowest BCUT2D eigenvalue weighted by Gasteiger charge is -2.09. The molecule has 0 aliphatic heterocycles. The number of thiocarbonyl (C=S) groups is 1. The van der Waals surface area contributed by atoms with Gasteiger partial charge in [-0.05, 0) is 12.2 Å². The molecule has 0 heterocycles. The maximum Gasteiger partial charge on any atom is 0.212 e. The van der Waals surface area contributed by atoms with Crippen molar-refractivity contribution in [2.24, 2.45) is 17.5 Å². The van der Waals surface area contributed by atoms with Crippen LogP contribution in [0.3, 0.4) is 0 Å². The monoisotopic (exact) mass is 121 g/mol. The molecule has 7 heavy (non-hydrogen) atoms. The summed E-state index contributed by atoms with van der Waals surface area (Å²) in [4.78, 5) is 0. The number of nitrogens with two attached hydrogens (primary N) is 3. The third-order valence-corrected chi connectivity index (χ3v) is 0.687. The van der Waals surface area contributed by atoms with Gasteiger partial charge in [0.25, 0.3) is 0 Å². The molecule has 0 unspecified atom stereocenters. The SMILES string of the molecule is NNC(=S)N(N)N. The molecule has 0 atom stereocenters. The molecule has 0 aliphatic carbocycles. The highest BCUT2D eigenvalue weighted by atomic mass is 32.1. The zero-order valence-electron chi connectivity index (χ0n) is 3.59. The smallest absolute Gasteiger partial charge is 0.212 e. The Labute approximate surface area is 46.3 Å². The van der Waals surface area contributed by atoms with Gasteiger partial charge in [0.15, 0.2) is 0 Å². The van der Waals surface area contributed by atoms with Gasteiger partial charge >= 0.3 is 0 Å². The normalized spacial score (nSPS) is 7.86. The van der Waals surface area contributed by atoms with Gasteiger partial charge in [0.2, 0.25) is 5.11 Å². The number of nitrogens with zero attached hydrogens (tertiary/aromatic N) is 1. The third-order valence-electron chi connectivity index (χ3n) is 0.358. The summed E-state index contributed by atoms with van der Waals surface area (Å²) < 4.78 is 0. The molecule has 0 amide bonds. The summed E-state index contributed by atoms with van der Waals surface area (Å²) in [5, 5.41) is 0.815. The van der Waals surface area contributed by atoms with Crippen molar-refractivity contribution >= 4 is 17.3 Å². The lowest BCUT2D eigenvalue weighted by molar-refractivity contribution is 0.456. The van der Waals surface area contributed by atoms with E-state index in [4.69, 9.17) is 17.5 Å². The first-order chi connectivity index (χ1) is 3.18. The van der Waals surface area contributed by atoms with Crippen LogP contribution in [-0.2, 0) is 0 Å². The van der Waals surface area contributed by atoms with E-state index in [1.54, 1.807) is 0 Å². The van der Waals surface area contributed by atoms with Crippen molar-refractivity contribution in [3.05, 3.63) is 0 Å². The van der Waals surface area contributed by atoms with Crippen LogP contribution in [0.25, 0.3) is 0 Å². The highest BCUT2D eigenvalue weighted by Gasteiger charge is 1.90. The van der Waals surface area contributed by atoms with Crippen LogP contribution in [0.15, 0.2) is 0 Å². The predicted molar refractivity (Wildman–Crippen MR) is 30.1 cm³/mol. The molecule has 7 N–H and O–H groups in total. The maximum atomic E-state index is 4.87. The van der Waals surface area contributed by atoms with Gasteiger partial charge in [0, 0.05) is 0 Å². The van der Waals surface area contributed by atoms with Crippen LogP contribution in [-0.4, -0.2) is 10.2 Å². The van der Waals surface area contributed by atoms with Crippen molar-refractivity contribution < 1.29 is 0 Å². The summed E-state index contributed by atoms with van der Waals surface area (Å²) >= 11 is 4.42. The van der Waals surface area contributed by atoms with E-state index in [9.17, 15) is 0 Å². The molecule has 0 bridgehead atoms. The largest absolute Gasteiger partial charge is 0.299 e. The molecule has 0 rings (SSSR count). The highest BCUT2D eigenvalue weighted by molar-refractivity contribution is 7.80. The van der Waals surface area contributed by atoms with Gasteiger partial charge in [-0.2, -0.15) is 0 Å². The molecule has 42 valence electrons. The van der Waals surface area contributed by atoms with Crippen molar-refractivity contribution in [1.82, 2.24) is 10.5 Å². The van der Waals surface area contributed by atoms with E-state index in [2.05, 4.69) is 17.6 Å². The van der Waals surface area contributed by atoms with Gasteiger partial charge in [0.05, 0.1) is 0 Å². The summed E-state index contributed by atoms with van der Waals surface area (Å²) in [6.07, 6.45) is 0. The van der Waals surface area contributed by atoms with Crippen molar-refractivity contribution in [2.75, 3.05) is 0 Å². The fourth-order valence-corrected chi connectivity index (χ4v) is 0.0745. The standard InChI is InChI=1S/CH7N5S/c2-5-1(7)6(3)4/h2-4H2,(H,5,7). The summed E-state index contributed by atoms with van der Waals surface area (Å²) in [7, 11) is 0. The minimum atomic E-state index is 0.0972. The van der Waals surface area contributed by atoms with Crippen LogP contribution in [0, 0.1) is 0 Å². The van der Waals surface area contributed by atoms with Crippen LogP contribution >= 0.6 is 12.2 Å². The molecule has 0 aromatic rings. The second-order valence-corrected chi connectivity index (χ2v) is 1.24. The highest BCUT2D eigenvalue weighted by Crippen LogP contribution is 1.61. The molecule has 0 aromatic heterocycles. The van der Waals surface area contributed by atoms with E-state index in [0.29, 0.717) is 0 Å². The van der Waals surface area contributed by atoms with Crippen molar-refractivity contribution in [2.45, 2.75) is 0 Å². The Hall–Kier alpha value is -0.430. The van der Waals surface area contributed by atoms with Crippen LogP contribution in [0.2, 0.25) is 0 Å². The van der Waals surface area contributed by atoms with Gasteiger partial charge in [0.1, 0.15) is 0 Å². The number of nitrogens with one attached hydrogen (secondary N) is 1. The topological polar surface area (TPSA) is 93.3 Å². The van der Waals surface area contributed by atoms with E-state index >= 15 is 0 Å². The Kier molecular flexibility index (Phi) is 2.53. The Morgan fingerprint density at radius 1 is 1.57 bits per heavy atom. The van der Waals surface area contributed by atoms with E-state index in [-0.39, 0.29) is 5.11 Å². The summed E-state index contributed by atoms with van der Waals surface area (Å²) in [5.74, 6) is 14.5. The van der Waals surface area contributed by atoms with Crippen LogP contribution in [0.5, 0.6) is 0 Å². The number of hydrogen-bond acceptors (Lipinski definition) is 4. The number of rotatable bonds is 0. The zero-order chi connectivity index (χ0) is 5.86. The predicted octanol–water partition coefficient (Wildman–Crippen LogP) is -2.22. The molecular weight excluding hydrogens is 114 g/mol. The van der Waals surface area contributed by atoms with E-state index in [1.165, 1.54) is 0 Å². The molecule has 0 aliphatic rings. The average molecular weight is 121 g/mol. The first-order valence-corrected chi connectivity index (χ1v) is 1.89. The molecule has 0 saturated carbocycles. The molecule has 5 nitrogen and oxygen atoms in total. The second-order valence-electron chi connectivity index (χ2n) is 0.857. The molecule has 6 heteroatoms. The van der Waals surface area contributed by atoms with Crippen molar-refractivity contribution in [3.63, 3.8) is 0 Å². The van der Waals surface area contributed by atoms with E-state index in [1.807, 2.05) is 0 Å². The summed E-state index contributed by atoms with van der Waals surface area (Å²) in [6, 6.07) is 0. The van der Waals surface area contributed by atoms with Gasteiger partial charge < -0.3 is 0 Å². The zero-order valence-corrected chi connectivity index (χ0v) is 4.40. The van der Waals surface area contributed by atoms with Crippen molar-refractivity contribution in [3.8, 4) is 0 Å². The second kappa shape index (κ2) is 2.69. The number of hydrazine groups is 3. The fourth-order valence-electron chi connectivity index (χ4n) is 0.0745. The fraction of sp³-hybridized carbons (Fsp3) is 0. The Bertz CT molecular complexity index is 68.5. The molecule has 0 fully saturated rings.